The molecule has 9 aromatic carbocycles. The summed E-state index contributed by atoms with van der Waals surface area (Å²) in [6.07, 6.45) is 8.60. The smallest absolute Gasteiger partial charge is 0.125 e. The van der Waals surface area contributed by atoms with E-state index in [1.54, 1.807) is 0 Å². The summed E-state index contributed by atoms with van der Waals surface area (Å²) in [5, 5.41) is 8.07. The van der Waals surface area contributed by atoms with Gasteiger partial charge in [0.25, 0.3) is 0 Å². The highest BCUT2D eigenvalue weighted by molar-refractivity contribution is 6.00. The first-order chi connectivity index (χ1) is 32.0. The van der Waals surface area contributed by atoms with E-state index in [2.05, 4.69) is 156 Å². The molecule has 2 aliphatic rings. The van der Waals surface area contributed by atoms with Crippen molar-refractivity contribution in [2.75, 3.05) is 12.4 Å². The van der Waals surface area contributed by atoms with Crippen molar-refractivity contribution in [2.45, 2.75) is 18.5 Å². The van der Waals surface area contributed by atoms with Crippen LogP contribution in [0.1, 0.15) is 38.9 Å². The molecule has 4 heteroatoms. The lowest BCUT2D eigenvalue weighted by Crippen LogP contribution is -2.29. The zero-order valence-corrected chi connectivity index (χ0v) is 36.7. The molecule has 0 aromatic heterocycles. The van der Waals surface area contributed by atoms with Gasteiger partial charge in [-0.15, -0.1) is 0 Å². The van der Waals surface area contributed by atoms with Gasteiger partial charge in [0.05, 0.1) is 12.0 Å². The Balaban J connectivity index is 0.000000182. The maximum Gasteiger partial charge on any atom is 0.125 e. The van der Waals surface area contributed by atoms with Crippen LogP contribution in [-0.2, 0) is 18.5 Å². The molecule has 0 radical (unpaired) electrons. The normalized spacial score (nSPS) is 15.5. The fourth-order valence-corrected chi connectivity index (χ4v) is 9.12. The monoisotopic (exact) mass is 840 g/mol. The molecule has 1 atom stereocenters. The van der Waals surface area contributed by atoms with E-state index in [1.807, 2.05) is 98.0 Å². The van der Waals surface area contributed by atoms with Crippen LogP contribution in [0.4, 0.5) is 5.69 Å². The van der Waals surface area contributed by atoms with Gasteiger partial charge in [-0.3, -0.25) is 4.99 Å². The highest BCUT2D eigenvalue weighted by Crippen LogP contribution is 2.58. The Hall–Kier alpha value is -8.05. The number of fused-ring (bicyclic) bond motifs is 9. The van der Waals surface area contributed by atoms with E-state index in [1.165, 1.54) is 71.6 Å². The third-order valence-electron chi connectivity index (χ3n) is 12.4. The van der Waals surface area contributed by atoms with Crippen molar-refractivity contribution >= 4 is 39.1 Å². The van der Waals surface area contributed by atoms with Crippen molar-refractivity contribution in [2.24, 2.45) is 16.5 Å². The minimum Gasteiger partial charge on any atom is -0.388 e. The van der Waals surface area contributed by atoms with E-state index in [4.69, 9.17) is 11.5 Å². The number of amidine groups is 1. The lowest BCUT2D eigenvalue weighted by molar-refractivity contribution is 0.767. The van der Waals surface area contributed by atoms with E-state index in [-0.39, 0.29) is 0 Å². The largest absolute Gasteiger partial charge is 0.388 e. The van der Waals surface area contributed by atoms with Crippen LogP contribution < -0.4 is 16.8 Å². The fraction of sp³-hybridized carbons (Fsp3) is 0.0656. The molecule has 0 amide bonds. The molecule has 0 saturated heterocycles. The average Bonchev–Trinajstić information content (AvgIpc) is 3.66. The predicted octanol–water partition coefficient (Wildman–Crippen LogP) is 13.9. The van der Waals surface area contributed by atoms with Crippen LogP contribution in [0.2, 0.25) is 0 Å². The van der Waals surface area contributed by atoms with Crippen LogP contribution in [0.15, 0.2) is 242 Å². The topological polar surface area (TPSA) is 76.4 Å². The van der Waals surface area contributed by atoms with Crippen LogP contribution in [0.3, 0.4) is 0 Å². The lowest BCUT2D eigenvalue weighted by Gasteiger charge is -2.36. The molecule has 316 valence electrons. The molecule has 5 N–H and O–H groups in total. The third kappa shape index (κ3) is 8.68. The Labute approximate surface area is 382 Å². The minimum absolute atomic E-state index is 0.476. The summed E-state index contributed by atoms with van der Waals surface area (Å²) in [7, 11) is 1.91. The Kier molecular flexibility index (Phi) is 12.4. The average molecular weight is 841 g/mol. The summed E-state index contributed by atoms with van der Waals surface area (Å²) in [5.74, 6) is 0.587. The first-order valence-electron chi connectivity index (χ1n) is 22.1. The summed E-state index contributed by atoms with van der Waals surface area (Å²) in [6, 6.07) is 72.4. The Morgan fingerprint density at radius 2 is 1.09 bits per heavy atom. The summed E-state index contributed by atoms with van der Waals surface area (Å²) >= 11 is 0. The van der Waals surface area contributed by atoms with Crippen molar-refractivity contribution in [3.8, 4) is 22.3 Å². The second-order valence-electron chi connectivity index (χ2n) is 16.4. The molecule has 0 bridgehead atoms. The van der Waals surface area contributed by atoms with E-state index in [9.17, 15) is 0 Å². The minimum atomic E-state index is -0.476. The van der Waals surface area contributed by atoms with Crippen LogP contribution in [0.25, 0.3) is 49.9 Å². The van der Waals surface area contributed by atoms with E-state index < -0.39 is 5.41 Å². The molecule has 2 aliphatic carbocycles. The number of allylic oxidation sites excluding steroid dienone is 4. The van der Waals surface area contributed by atoms with Crippen molar-refractivity contribution < 1.29 is 0 Å². The number of hydrogen-bond donors (Lipinski definition) is 3. The molecule has 11 rings (SSSR count). The first kappa shape index (κ1) is 42.3. The molecule has 65 heavy (non-hydrogen) atoms. The van der Waals surface area contributed by atoms with Gasteiger partial charge in [-0.05, 0) is 125 Å². The van der Waals surface area contributed by atoms with Crippen LogP contribution in [0.5, 0.6) is 0 Å². The van der Waals surface area contributed by atoms with Crippen molar-refractivity contribution in [3.05, 3.63) is 276 Å². The van der Waals surface area contributed by atoms with Gasteiger partial charge in [-0.1, -0.05) is 195 Å². The van der Waals surface area contributed by atoms with Gasteiger partial charge in [-0.25, -0.2) is 0 Å². The summed E-state index contributed by atoms with van der Waals surface area (Å²) in [4.78, 5) is 4.36. The molecular formula is C61H52N4. The van der Waals surface area contributed by atoms with Gasteiger partial charge in [0.15, 0.2) is 0 Å². The number of nitrogens with one attached hydrogen (secondary N) is 1. The van der Waals surface area contributed by atoms with Gasteiger partial charge >= 0.3 is 0 Å². The molecule has 0 fully saturated rings. The molecule has 0 aliphatic heterocycles. The summed E-state index contributed by atoms with van der Waals surface area (Å²) < 4.78 is 0. The zero-order valence-electron chi connectivity index (χ0n) is 36.7. The summed E-state index contributed by atoms with van der Waals surface area (Å²) in [5.41, 5.74) is 27.0. The number of hydrogen-bond acceptors (Lipinski definition) is 3. The van der Waals surface area contributed by atoms with Gasteiger partial charge in [-0.2, -0.15) is 0 Å². The van der Waals surface area contributed by atoms with Gasteiger partial charge in [0.1, 0.15) is 5.84 Å². The molecule has 9 aromatic rings. The molecule has 1 unspecified atom stereocenters. The van der Waals surface area contributed by atoms with Gasteiger partial charge in [0.2, 0.25) is 0 Å². The second kappa shape index (κ2) is 19.1. The molecule has 1 spiro atoms. The Morgan fingerprint density at radius 3 is 1.80 bits per heavy atom. The van der Waals surface area contributed by atoms with Crippen molar-refractivity contribution in [1.29, 1.82) is 0 Å². The lowest BCUT2D eigenvalue weighted by atomic mass is 9.65. The molecule has 4 nitrogen and oxygen atoms in total. The second-order valence-corrected chi connectivity index (χ2v) is 16.4. The molecule has 0 heterocycles. The Bertz CT molecular complexity index is 3220. The quantitative estimate of drug-likeness (QED) is 0.0887. The highest BCUT2D eigenvalue weighted by atomic mass is 14.8. The van der Waals surface area contributed by atoms with Gasteiger partial charge in [0, 0.05) is 24.8 Å². The van der Waals surface area contributed by atoms with E-state index >= 15 is 0 Å². The predicted molar refractivity (Wildman–Crippen MR) is 277 cm³/mol. The van der Waals surface area contributed by atoms with Crippen LogP contribution in [0, 0.1) is 0 Å². The highest BCUT2D eigenvalue weighted by Gasteiger charge is 2.47. The first-order valence-corrected chi connectivity index (χ1v) is 22.1. The number of benzene rings is 9. The zero-order chi connectivity index (χ0) is 44.6. The number of aliphatic imine (C=N–C) groups is 1. The standard InChI is InChI=1S/C40H29N.C14H14N2.C7H9N/c1-26-8-2-3-9-28-10-6-7-13-37(28)40(26)38-18-14-27(25-41)20-35(38)36-24-33(17-19-39(36)40)31-15-16-32-21-29-11-4-5-12-30(29)22-34(32)23-31;15-14(13-9-5-2-6-10-13)16-11-12-7-3-1-4-8-12;1-8-7-5-3-2-4-6-7/h2-24H,1,25,41H2;1-10H,11H2,(H2,15,16);2-6,8H,1H3/b8-2-,9-3-;;. The number of anilines is 1. The maximum absolute atomic E-state index is 6.16. The molecule has 0 saturated carbocycles. The number of nitrogens with zero attached hydrogens (tertiary/aromatic N) is 1. The number of para-hydroxylation sites is 1. The van der Waals surface area contributed by atoms with E-state index in [0.29, 0.717) is 18.9 Å². The number of nitrogens with two attached hydrogens (primary N) is 2. The maximum atomic E-state index is 6.16. The van der Waals surface area contributed by atoms with Crippen LogP contribution >= 0.6 is 0 Å². The molecular weight excluding hydrogens is 789 g/mol. The third-order valence-corrected chi connectivity index (χ3v) is 12.4. The Morgan fingerprint density at radius 1 is 0.523 bits per heavy atom. The van der Waals surface area contributed by atoms with Crippen molar-refractivity contribution in [1.82, 2.24) is 0 Å². The SMILES string of the molecule is C=C1/C=C\C=C/c2ccccc2C12c1ccc(CN)cc1-c1cc(-c3ccc4cc5ccccc5cc4c3)ccc12.CNc1ccccc1.NC(=NCc1ccccc1)c1ccccc1. The fourth-order valence-electron chi connectivity index (χ4n) is 9.12. The van der Waals surface area contributed by atoms with Crippen molar-refractivity contribution in [3.63, 3.8) is 0 Å². The summed E-state index contributed by atoms with van der Waals surface area (Å²) in [6.45, 7) is 5.82. The number of rotatable bonds is 6. The van der Waals surface area contributed by atoms with E-state index in [0.717, 1.165) is 22.4 Å². The van der Waals surface area contributed by atoms with Gasteiger partial charge < -0.3 is 16.8 Å². The van der Waals surface area contributed by atoms with Crippen LogP contribution in [-0.4, -0.2) is 12.9 Å².